The van der Waals surface area contributed by atoms with Gasteiger partial charge in [-0.3, -0.25) is 63.5 Å². The highest BCUT2D eigenvalue weighted by Crippen LogP contribution is 2.64. The molecule has 4 aromatic carbocycles. The van der Waals surface area contributed by atoms with Crippen molar-refractivity contribution in [1.82, 2.24) is 4.67 Å². The van der Waals surface area contributed by atoms with Crippen LogP contribution in [-0.4, -0.2) is 155 Å². The Hall–Kier alpha value is -1.73. The summed E-state index contributed by atoms with van der Waals surface area (Å²) >= 11 is 1.15. The van der Waals surface area contributed by atoms with Gasteiger partial charge in [-0.05, 0) is 229 Å². The highest BCUT2D eigenvalue weighted by molar-refractivity contribution is 8.55. The minimum atomic E-state index is -3.34. The van der Waals surface area contributed by atoms with Gasteiger partial charge in [0, 0.05) is 18.0 Å². The lowest BCUT2D eigenvalue weighted by Gasteiger charge is -2.32. The highest BCUT2D eigenvalue weighted by Gasteiger charge is 2.36. The smallest absolute Gasteiger partial charge is 0.309 e. The largest absolute Gasteiger partial charge is 0.475 e. The lowest BCUT2D eigenvalue weighted by molar-refractivity contribution is 0.0662. The topological polar surface area (TPSA) is 315 Å². The predicted octanol–water partition coefficient (Wildman–Crippen LogP) is 27.3. The fourth-order valence-electron chi connectivity index (χ4n) is 11.7. The summed E-state index contributed by atoms with van der Waals surface area (Å²) in [5.74, 6) is 0.544. The van der Waals surface area contributed by atoms with E-state index in [0.717, 1.165) is 98.3 Å². The van der Waals surface area contributed by atoms with Crippen molar-refractivity contribution >= 4 is 72.2 Å². The van der Waals surface area contributed by atoms with E-state index in [0.29, 0.717) is 137 Å². The summed E-state index contributed by atoms with van der Waals surface area (Å²) in [5, 5.41) is 0. The minimum absolute atomic E-state index is 0.0442. The molecule has 0 bridgehead atoms. The Morgan fingerprint density at radius 2 is 0.683 bits per heavy atom. The molecule has 1 aliphatic heterocycles. The second kappa shape index (κ2) is 72.1. The van der Waals surface area contributed by atoms with Gasteiger partial charge in [-0.1, -0.05) is 154 Å². The van der Waals surface area contributed by atoms with Crippen molar-refractivity contribution in [1.29, 1.82) is 0 Å². The zero-order valence-corrected chi connectivity index (χ0v) is 83.6. The van der Waals surface area contributed by atoms with Crippen LogP contribution in [0.3, 0.4) is 0 Å². The Morgan fingerprint density at radius 1 is 0.342 bits per heavy atom. The molecule has 3 aliphatic rings. The van der Waals surface area contributed by atoms with Crippen LogP contribution in [0.25, 0.3) is 0 Å². The van der Waals surface area contributed by atoms with Gasteiger partial charge in [-0.25, -0.2) is 27.5 Å². The second-order valence-electron chi connectivity index (χ2n) is 26.4. The van der Waals surface area contributed by atoms with Crippen LogP contribution in [-0.2, 0) is 141 Å². The average Bonchev–Trinajstić information content (AvgIpc) is 0.844. The Morgan fingerprint density at radius 3 is 1.08 bits per heavy atom. The van der Waals surface area contributed by atoms with Crippen LogP contribution < -0.4 is 0 Å². The van der Waals surface area contributed by atoms with Crippen molar-refractivity contribution < 1.29 is 122 Å². The molecule has 4 aromatic rings. The molecule has 1 saturated heterocycles. The fourth-order valence-corrected chi connectivity index (χ4v) is 26.3. The van der Waals surface area contributed by atoms with Crippen molar-refractivity contribution in [3.05, 3.63) is 138 Å². The number of hydrogen-bond acceptors (Lipinski definition) is 28. The van der Waals surface area contributed by atoms with Crippen LogP contribution in [0.2, 0.25) is 0 Å². The van der Waals surface area contributed by atoms with Gasteiger partial charge in [0.15, 0.2) is 0 Å². The van der Waals surface area contributed by atoms with Gasteiger partial charge >= 0.3 is 60.8 Å². The van der Waals surface area contributed by atoms with Gasteiger partial charge in [0.1, 0.15) is 0 Å². The maximum absolute atomic E-state index is 12.2. The third-order valence-electron chi connectivity index (χ3n) is 16.3. The quantitative estimate of drug-likeness (QED) is 0.0293. The number of phosphoric ester groups is 3. The van der Waals surface area contributed by atoms with Crippen LogP contribution >= 0.6 is 72.2 Å². The van der Waals surface area contributed by atoms with Gasteiger partial charge in [0.2, 0.25) is 0 Å². The molecule has 698 valence electrons. The standard InChI is InChI=1S/C13H21O4P.C12H19O3P.C11H23O3P.C11H17O3P.C10H21O4P.C10H15O3PS.C9H20NO3P.C7H17O4P/c1-3-15-18(14,16-4-2)17-12-8-11-13-9-6-5-7-10-13;1-3-14-16(13,15-4-2)11-10-12-8-6-5-7-9-12;2*1-3-13-15(12,14-4-2)10-11-8-6-5-7-9-11;1-3-12-15(11,13-4-2)14-10-8-6-5-7-9-10;1-3-12-14(11,13-4-2)15-10-8-6-5-7-9-10;1-3-12-14(11,13-4-2)10-8-6-5-7-9-10;1-5-9-12(8,10-6-2)11-7(3)4/h5-7,9-10H,3-4,8,11-12H2,1-2H3;5-9H,3-4,10-11H2,1-2H3;11H,3-10H2,1-2H3;5-9H,3-4,10H2,1-2H3;10H,3-9H2,1-2H3;5-9H,3-4H2,1-2H3;3-9H2,1-2H3;7H,5-6H2,1-4H3. The van der Waals surface area contributed by atoms with E-state index in [1.54, 1.807) is 69.2 Å². The molecule has 28 nitrogen and oxygen atoms in total. The number of nitrogens with zero attached hydrogens (tertiary/aromatic N) is 1. The van der Waals surface area contributed by atoms with E-state index in [4.69, 9.17) is 86.0 Å². The van der Waals surface area contributed by atoms with Crippen LogP contribution in [0, 0.1) is 5.92 Å². The first-order valence-electron chi connectivity index (χ1n) is 43.2. The molecule has 37 heteroatoms. The number of aryl methyl sites for hydroxylation is 2. The normalized spacial score (nSPS) is 14.6. The predicted molar refractivity (Wildman–Crippen MR) is 486 cm³/mol. The summed E-state index contributed by atoms with van der Waals surface area (Å²) in [6, 6.07) is 39.1. The van der Waals surface area contributed by atoms with Gasteiger partial charge in [0.25, 0.3) is 0 Å². The van der Waals surface area contributed by atoms with Gasteiger partial charge in [-0.2, -0.15) is 0 Å². The molecule has 2 aliphatic carbocycles. The Balaban J connectivity index is 0.00000135. The summed E-state index contributed by atoms with van der Waals surface area (Å²) in [5.41, 5.74) is 3.37. The Labute approximate surface area is 727 Å². The number of hydrogen-bond donors (Lipinski definition) is 0. The summed E-state index contributed by atoms with van der Waals surface area (Å²) in [6.45, 7) is 37.7. The van der Waals surface area contributed by atoms with E-state index >= 15 is 0 Å². The first-order chi connectivity index (χ1) is 57.5. The van der Waals surface area contributed by atoms with Gasteiger partial charge in [-0.15, -0.1) is 0 Å². The lowest BCUT2D eigenvalue weighted by atomic mass is 9.91. The number of piperidine rings is 1. The molecule has 3 fully saturated rings. The highest BCUT2D eigenvalue weighted by atomic mass is 32.7. The molecule has 0 unspecified atom stereocenters. The molecule has 120 heavy (non-hydrogen) atoms. The molecule has 0 aromatic heterocycles. The molecule has 0 atom stereocenters. The van der Waals surface area contributed by atoms with E-state index < -0.39 is 60.8 Å². The molecular formula is C83H153NO27P8S. The van der Waals surface area contributed by atoms with Crippen LogP contribution in [0.4, 0.5) is 0 Å². The van der Waals surface area contributed by atoms with Crippen molar-refractivity contribution in [2.45, 2.75) is 251 Å². The van der Waals surface area contributed by atoms with Crippen LogP contribution in [0.15, 0.2) is 126 Å². The molecule has 0 radical (unpaired) electrons. The van der Waals surface area contributed by atoms with Gasteiger partial charge in [0.05, 0.1) is 143 Å². The van der Waals surface area contributed by atoms with Crippen molar-refractivity contribution in [3.63, 3.8) is 0 Å². The SMILES string of the molecule is CCOP(=O)(CC1CCCCC1)OCC.CCOP(=O)(CCc1ccccc1)OCC.CCOP(=O)(Cc1ccccc1)OCC.CCOP(=O)(OCC)N1CCCCC1.CCOP(=O)(OCC)OC(C)C.CCOP(=O)(OCC)OC1CCCCC1.CCOP(=O)(OCC)OCCCc1ccccc1.CCOP(=O)(OCC)Sc1ccccc1. The van der Waals surface area contributed by atoms with E-state index in [9.17, 15) is 36.5 Å². The summed E-state index contributed by atoms with van der Waals surface area (Å²) in [4.78, 5) is 0.891. The number of benzene rings is 4. The van der Waals surface area contributed by atoms with E-state index in [1.807, 2.05) is 169 Å². The first kappa shape index (κ1) is 118. The van der Waals surface area contributed by atoms with Crippen LogP contribution in [0.1, 0.15) is 231 Å². The van der Waals surface area contributed by atoms with Crippen molar-refractivity contribution in [3.8, 4) is 0 Å². The summed E-state index contributed by atoms with van der Waals surface area (Å²) in [7, 11) is -21.5. The molecule has 7 rings (SSSR count). The summed E-state index contributed by atoms with van der Waals surface area (Å²) < 4.78 is 196. The first-order valence-corrected chi connectivity index (χ1v) is 57.2. The monoisotopic (exact) mass is 1880 g/mol. The lowest BCUT2D eigenvalue weighted by Crippen LogP contribution is -2.28. The third-order valence-corrected chi connectivity index (χ3v) is 33.9. The molecule has 0 N–H and O–H groups in total. The van der Waals surface area contributed by atoms with Crippen molar-refractivity contribution in [2.24, 2.45) is 5.92 Å². The molecule has 0 spiro atoms. The van der Waals surface area contributed by atoms with Crippen molar-refractivity contribution in [2.75, 3.05) is 138 Å². The third kappa shape index (κ3) is 58.0. The Bertz CT molecular complexity index is 3290. The Kier molecular flexibility index (Phi) is 71.1. The average molecular weight is 1880 g/mol. The maximum Gasteiger partial charge on any atom is 0.475 e. The zero-order chi connectivity index (χ0) is 89.8. The van der Waals surface area contributed by atoms with Gasteiger partial charge < -0.3 is 36.2 Å². The van der Waals surface area contributed by atoms with E-state index in [-0.39, 0.29) is 12.2 Å². The van der Waals surface area contributed by atoms with E-state index in [2.05, 4.69) is 12.1 Å². The molecule has 2 saturated carbocycles. The fraction of sp³-hybridized carbons (Fsp3) is 0.711. The molecule has 1 heterocycles. The maximum atomic E-state index is 12.2. The summed E-state index contributed by atoms with van der Waals surface area (Å²) in [6.07, 6.45) is 18.8. The van der Waals surface area contributed by atoms with Crippen LogP contribution in [0.5, 0.6) is 0 Å². The molecule has 0 amide bonds. The van der Waals surface area contributed by atoms with E-state index in [1.165, 1.54) is 50.5 Å². The molecular weight excluding hydrogens is 1720 g/mol. The minimum Gasteiger partial charge on any atom is -0.309 e. The second-order valence-corrected chi connectivity index (χ2v) is 43.7. The zero-order valence-electron chi connectivity index (χ0n) is 75.6. The number of rotatable bonds is 51. The number of phosphoric acid groups is 3.